The molecule has 0 fully saturated rings. The number of carbonyl (C=O) groups is 2. The molecule has 25 heavy (non-hydrogen) atoms. The second-order valence-electron chi connectivity index (χ2n) is 6.48. The number of nitriles is 1. The molecule has 0 aromatic rings. The molecule has 0 saturated carbocycles. The van der Waals surface area contributed by atoms with Gasteiger partial charge in [-0.15, -0.1) is 0 Å². The third-order valence-corrected chi connectivity index (χ3v) is 4.23. The van der Waals surface area contributed by atoms with E-state index in [1.807, 2.05) is 0 Å². The first-order valence-electron chi connectivity index (χ1n) is 9.54. The van der Waals surface area contributed by atoms with Crippen LogP contribution in [-0.4, -0.2) is 49.6 Å². The molecular weight excluding hydrogens is 344 g/mol. The van der Waals surface area contributed by atoms with Gasteiger partial charge in [0.1, 0.15) is 0 Å². The third-order valence-electron chi connectivity index (χ3n) is 4.23. The smallest absolute Gasteiger partial charge is 0.550 e. The number of nitrogens with zero attached hydrogens (tertiary/aromatic N) is 1. The van der Waals surface area contributed by atoms with Crippen molar-refractivity contribution in [1.29, 1.82) is 5.26 Å². The number of aliphatic carboxylic acids is 1. The number of carboxylic acids is 1. The summed E-state index contributed by atoms with van der Waals surface area (Å²) >= 11 is 0. The molecule has 1 amide bonds. The van der Waals surface area contributed by atoms with Gasteiger partial charge in [-0.25, -0.2) is 0 Å². The fraction of sp³-hybridized carbons (Fsp3) is 0.842. The fourth-order valence-corrected chi connectivity index (χ4v) is 2.80. The molecule has 0 atom stereocenters. The molecule has 5 nitrogen and oxygen atoms in total. The van der Waals surface area contributed by atoms with Crippen molar-refractivity contribution in [3.8, 4) is 6.19 Å². The summed E-state index contributed by atoms with van der Waals surface area (Å²) in [5.74, 6) is -1.10. The molecule has 0 bridgehead atoms. The van der Waals surface area contributed by atoms with Crippen molar-refractivity contribution >= 4 is 49.6 Å². The molecule has 0 radical (unpaired) electrons. The molecule has 0 rings (SSSR count). The van der Waals surface area contributed by atoms with Gasteiger partial charge in [-0.1, -0.05) is 77.0 Å². The van der Waals surface area contributed by atoms with Gasteiger partial charge in [-0.3, -0.25) is 10.1 Å². The topological polar surface area (TPSA) is 93.0 Å². The molecule has 0 heterocycles. The second kappa shape index (κ2) is 21.7. The van der Waals surface area contributed by atoms with Gasteiger partial charge in [0.25, 0.3) is 0 Å². The zero-order valence-electron chi connectivity index (χ0n) is 15.7. The van der Waals surface area contributed by atoms with Crippen LogP contribution in [0.1, 0.15) is 103 Å². The summed E-state index contributed by atoms with van der Waals surface area (Å²) in [5, 5.41) is 20.7. The van der Waals surface area contributed by atoms with E-state index in [0.29, 0.717) is 6.42 Å². The quantitative estimate of drug-likeness (QED) is 0.182. The van der Waals surface area contributed by atoms with E-state index in [-0.39, 0.29) is 50.1 Å². The van der Waals surface area contributed by atoms with Crippen LogP contribution >= 0.6 is 0 Å². The van der Waals surface area contributed by atoms with Crippen LogP contribution in [0.2, 0.25) is 0 Å². The van der Waals surface area contributed by atoms with E-state index in [4.69, 9.17) is 5.26 Å². The third kappa shape index (κ3) is 23.7. The molecule has 0 aliphatic heterocycles. The minimum absolute atomic E-state index is 0. The number of amides is 1. The largest absolute Gasteiger partial charge is 2.00 e. The summed E-state index contributed by atoms with van der Waals surface area (Å²) < 4.78 is 0. The van der Waals surface area contributed by atoms with Crippen LogP contribution in [0.5, 0.6) is 0 Å². The maximum absolute atomic E-state index is 11.0. The number of carboxylic acid groups (broad SMARTS) is 1. The Labute approximate surface area is 182 Å². The Kier molecular flexibility index (Phi) is 23.4. The molecule has 0 unspecified atom stereocenters. The van der Waals surface area contributed by atoms with Gasteiger partial charge in [0, 0.05) is 12.4 Å². The van der Waals surface area contributed by atoms with Crippen molar-refractivity contribution in [2.75, 3.05) is 0 Å². The molecule has 0 aromatic heterocycles. The number of carbonyl (C=O) groups excluding carboxylic acids is 2. The van der Waals surface area contributed by atoms with Gasteiger partial charge in [0.15, 0.2) is 6.19 Å². The molecule has 0 aromatic carbocycles. The summed E-state index contributed by atoms with van der Waals surface area (Å²) in [6.07, 6.45) is 18.5. The minimum atomic E-state index is -0.931. The van der Waals surface area contributed by atoms with Crippen molar-refractivity contribution in [3.05, 3.63) is 0 Å². The number of unbranched alkanes of at least 4 members (excludes halogenated alkanes) is 13. The van der Waals surface area contributed by atoms with Crippen LogP contribution in [-0.2, 0) is 9.59 Å². The zero-order chi connectivity index (χ0) is 17.9. The van der Waals surface area contributed by atoms with Crippen molar-refractivity contribution in [2.24, 2.45) is 0 Å². The standard InChI is InChI=1S/C19H34N2O3.Ca/c20-17-21-18(22)15-13-11-9-7-5-3-1-2-4-6-8-10-12-14-16-19(23)24;/h1-16H2,(H,21,22)(H,23,24);/q;+2/p-1. The molecule has 0 spiro atoms. The molecule has 0 aliphatic rings. The molecule has 6 heteroatoms. The van der Waals surface area contributed by atoms with Crippen molar-refractivity contribution in [1.82, 2.24) is 5.32 Å². The predicted octanol–water partition coefficient (Wildman–Crippen LogP) is 3.19. The van der Waals surface area contributed by atoms with E-state index in [1.165, 1.54) is 57.8 Å². The summed E-state index contributed by atoms with van der Waals surface area (Å²) in [6.45, 7) is 0. The van der Waals surface area contributed by atoms with Crippen LogP contribution in [0.4, 0.5) is 0 Å². The van der Waals surface area contributed by atoms with Crippen molar-refractivity contribution in [2.45, 2.75) is 103 Å². The van der Waals surface area contributed by atoms with Gasteiger partial charge in [-0.2, -0.15) is 5.26 Å². The molecule has 0 saturated heterocycles. The Balaban J connectivity index is 0. The van der Waals surface area contributed by atoms with E-state index in [9.17, 15) is 14.7 Å². The average Bonchev–Trinajstić information content (AvgIpc) is 2.54. The van der Waals surface area contributed by atoms with Crippen molar-refractivity contribution in [3.63, 3.8) is 0 Å². The molecule has 138 valence electrons. The first-order chi connectivity index (χ1) is 11.7. The Bertz CT molecular complexity index is 370. The summed E-state index contributed by atoms with van der Waals surface area (Å²) in [7, 11) is 0. The number of hydrogen-bond donors (Lipinski definition) is 1. The monoisotopic (exact) mass is 377 g/mol. The maximum atomic E-state index is 11.0. The first-order valence-corrected chi connectivity index (χ1v) is 9.54. The first kappa shape index (κ1) is 26.9. The Hall–Kier alpha value is -0.310. The van der Waals surface area contributed by atoms with Crippen LogP contribution in [0.25, 0.3) is 0 Å². The number of rotatable bonds is 17. The molecular formula is C19H33CaN2O3+. The second-order valence-corrected chi connectivity index (χ2v) is 6.48. The SMILES string of the molecule is N#CNC(=O)CCCCCCCCCCCCCCCCC(=O)[O-].[Ca+2]. The molecule has 1 N–H and O–H groups in total. The Morgan fingerprint density at radius 3 is 1.32 bits per heavy atom. The predicted molar refractivity (Wildman–Crippen MR) is 98.4 cm³/mol. The van der Waals surface area contributed by atoms with E-state index in [0.717, 1.165) is 32.1 Å². The summed E-state index contributed by atoms with van der Waals surface area (Å²) in [4.78, 5) is 21.3. The van der Waals surface area contributed by atoms with E-state index < -0.39 is 5.97 Å². The zero-order valence-corrected chi connectivity index (χ0v) is 17.9. The van der Waals surface area contributed by atoms with Gasteiger partial charge >= 0.3 is 37.7 Å². The van der Waals surface area contributed by atoms with Gasteiger partial charge in [-0.05, 0) is 19.3 Å². The normalized spacial score (nSPS) is 9.88. The van der Waals surface area contributed by atoms with Crippen LogP contribution in [0, 0.1) is 11.5 Å². The van der Waals surface area contributed by atoms with Crippen molar-refractivity contribution < 1.29 is 14.7 Å². The Morgan fingerprint density at radius 2 is 1.00 bits per heavy atom. The maximum Gasteiger partial charge on any atom is 2.00 e. The van der Waals surface area contributed by atoms with Gasteiger partial charge in [0.2, 0.25) is 5.91 Å². The van der Waals surface area contributed by atoms with E-state index in [2.05, 4.69) is 5.32 Å². The summed E-state index contributed by atoms with van der Waals surface area (Å²) in [6, 6.07) is 0. The average molecular weight is 378 g/mol. The minimum Gasteiger partial charge on any atom is -0.550 e. The number of hydrogen-bond acceptors (Lipinski definition) is 4. The van der Waals surface area contributed by atoms with Crippen LogP contribution in [0.15, 0.2) is 0 Å². The summed E-state index contributed by atoms with van der Waals surface area (Å²) in [5.41, 5.74) is 0. The Morgan fingerprint density at radius 1 is 0.680 bits per heavy atom. The van der Waals surface area contributed by atoms with E-state index >= 15 is 0 Å². The number of nitrogens with one attached hydrogen (secondary N) is 1. The van der Waals surface area contributed by atoms with Gasteiger partial charge < -0.3 is 9.90 Å². The fourth-order valence-electron chi connectivity index (χ4n) is 2.80. The molecule has 0 aliphatic carbocycles. The van der Waals surface area contributed by atoms with Crippen LogP contribution < -0.4 is 10.4 Å². The van der Waals surface area contributed by atoms with E-state index in [1.54, 1.807) is 6.19 Å². The van der Waals surface area contributed by atoms with Gasteiger partial charge in [0.05, 0.1) is 0 Å². The van der Waals surface area contributed by atoms with Crippen LogP contribution in [0.3, 0.4) is 0 Å².